The van der Waals surface area contributed by atoms with E-state index in [2.05, 4.69) is 23.3 Å². The van der Waals surface area contributed by atoms with Gasteiger partial charge in [-0.05, 0) is 37.2 Å². The summed E-state index contributed by atoms with van der Waals surface area (Å²) >= 11 is 5.54. The molecule has 172 valence electrons. The molecular weight excluding hydrogens is 428 g/mol. The molecule has 1 saturated heterocycles. The van der Waals surface area contributed by atoms with Crippen LogP contribution >= 0.6 is 24.4 Å². The number of thiol groups is 1. The molecule has 0 aromatic carbocycles. The number of carbonyl (C=O) groups excluding carboxylic acids is 3. The van der Waals surface area contributed by atoms with Gasteiger partial charge >= 0.3 is 5.97 Å². The number of carbonyl (C=O) groups is 4. The Labute approximate surface area is 187 Å². The van der Waals surface area contributed by atoms with Crippen molar-refractivity contribution in [1.82, 2.24) is 15.5 Å². The third-order valence-corrected chi connectivity index (χ3v) is 6.39. The van der Waals surface area contributed by atoms with Crippen LogP contribution < -0.4 is 16.4 Å². The number of aliphatic carboxylic acids is 1. The summed E-state index contributed by atoms with van der Waals surface area (Å²) in [5, 5.41) is 14.4. The van der Waals surface area contributed by atoms with Crippen LogP contribution in [-0.4, -0.2) is 82.2 Å². The minimum absolute atomic E-state index is 0.0543. The quantitative estimate of drug-likeness (QED) is 0.259. The third kappa shape index (κ3) is 7.35. The van der Waals surface area contributed by atoms with Gasteiger partial charge in [0, 0.05) is 12.3 Å². The summed E-state index contributed by atoms with van der Waals surface area (Å²) in [4.78, 5) is 51.0. The number of rotatable bonds is 12. The van der Waals surface area contributed by atoms with E-state index >= 15 is 0 Å². The predicted molar refractivity (Wildman–Crippen MR) is 121 cm³/mol. The van der Waals surface area contributed by atoms with Crippen LogP contribution in [0.15, 0.2) is 0 Å². The lowest BCUT2D eigenvalue weighted by molar-refractivity contribution is -0.145. The summed E-state index contributed by atoms with van der Waals surface area (Å²) in [5.41, 5.74) is 5.94. The highest BCUT2D eigenvalue weighted by molar-refractivity contribution is 7.98. The highest BCUT2D eigenvalue weighted by atomic mass is 32.2. The standard InChI is InChI=1S/C19H34N4O5S2/c1-4-11(2)15(22-16(24)12(20)7-9-30-3)18(26)23-8-5-6-14(23)17(25)21-13(10-29)19(27)28/h11-15,29H,4-10,20H2,1-3H3,(H,21,25)(H,22,24)(H,27,28). The van der Waals surface area contributed by atoms with E-state index in [0.29, 0.717) is 32.2 Å². The highest BCUT2D eigenvalue weighted by Gasteiger charge is 2.40. The van der Waals surface area contributed by atoms with Crippen LogP contribution in [0, 0.1) is 5.92 Å². The second-order valence-electron chi connectivity index (χ2n) is 7.53. The van der Waals surface area contributed by atoms with E-state index in [9.17, 15) is 19.2 Å². The van der Waals surface area contributed by atoms with Gasteiger partial charge in [-0.2, -0.15) is 24.4 Å². The van der Waals surface area contributed by atoms with Crippen molar-refractivity contribution in [3.8, 4) is 0 Å². The lowest BCUT2D eigenvalue weighted by atomic mass is 9.96. The Hall–Kier alpha value is -1.46. The first-order valence-corrected chi connectivity index (χ1v) is 12.2. The fourth-order valence-corrected chi connectivity index (χ4v) is 3.99. The van der Waals surface area contributed by atoms with Crippen molar-refractivity contribution in [2.75, 3.05) is 24.3 Å². The molecule has 5 atom stereocenters. The maximum absolute atomic E-state index is 13.3. The van der Waals surface area contributed by atoms with Crippen molar-refractivity contribution in [2.24, 2.45) is 11.7 Å². The molecule has 1 aliphatic heterocycles. The van der Waals surface area contributed by atoms with Crippen molar-refractivity contribution in [3.05, 3.63) is 0 Å². The number of nitrogens with one attached hydrogen (secondary N) is 2. The van der Waals surface area contributed by atoms with Crippen LogP contribution in [0.5, 0.6) is 0 Å². The van der Waals surface area contributed by atoms with E-state index in [1.807, 2.05) is 20.1 Å². The molecule has 0 radical (unpaired) electrons. The normalized spacial score (nSPS) is 20.2. The Bertz CT molecular complexity index is 622. The summed E-state index contributed by atoms with van der Waals surface area (Å²) in [6, 6.07) is -3.40. The molecule has 1 aliphatic rings. The molecule has 0 saturated carbocycles. The molecule has 1 fully saturated rings. The first-order valence-electron chi connectivity index (χ1n) is 10.2. The summed E-state index contributed by atoms with van der Waals surface area (Å²) in [5.74, 6) is -1.90. The van der Waals surface area contributed by atoms with E-state index in [4.69, 9.17) is 10.8 Å². The van der Waals surface area contributed by atoms with Crippen LogP contribution in [0.2, 0.25) is 0 Å². The van der Waals surface area contributed by atoms with Gasteiger partial charge in [0.2, 0.25) is 17.7 Å². The lowest BCUT2D eigenvalue weighted by Crippen LogP contribution is -2.58. The molecule has 0 bridgehead atoms. The van der Waals surface area contributed by atoms with Crippen molar-refractivity contribution in [1.29, 1.82) is 0 Å². The van der Waals surface area contributed by atoms with Crippen molar-refractivity contribution in [3.63, 3.8) is 0 Å². The van der Waals surface area contributed by atoms with E-state index in [1.54, 1.807) is 11.8 Å². The fourth-order valence-electron chi connectivity index (χ4n) is 3.25. The van der Waals surface area contributed by atoms with Gasteiger partial charge in [0.05, 0.1) is 6.04 Å². The Balaban J connectivity index is 2.92. The molecule has 0 spiro atoms. The molecule has 0 aromatic rings. The number of thioether (sulfide) groups is 1. The van der Waals surface area contributed by atoms with Crippen LogP contribution in [0.25, 0.3) is 0 Å². The molecule has 5 unspecified atom stereocenters. The Kier molecular flexibility index (Phi) is 11.6. The number of hydrogen-bond donors (Lipinski definition) is 5. The van der Waals surface area contributed by atoms with Gasteiger partial charge in [-0.3, -0.25) is 14.4 Å². The predicted octanol–water partition coefficient (Wildman–Crippen LogP) is 0.0879. The molecule has 30 heavy (non-hydrogen) atoms. The molecule has 0 aromatic heterocycles. The number of carboxylic acid groups (broad SMARTS) is 1. The first-order chi connectivity index (χ1) is 14.2. The Morgan fingerprint density at radius 1 is 1.30 bits per heavy atom. The zero-order valence-corrected chi connectivity index (χ0v) is 19.5. The molecular formula is C19H34N4O5S2. The van der Waals surface area contributed by atoms with Crippen LogP contribution in [-0.2, 0) is 19.2 Å². The van der Waals surface area contributed by atoms with Gasteiger partial charge in [-0.1, -0.05) is 20.3 Å². The summed E-state index contributed by atoms with van der Waals surface area (Å²) in [7, 11) is 0. The molecule has 0 aliphatic carbocycles. The molecule has 1 rings (SSSR count). The zero-order valence-electron chi connectivity index (χ0n) is 17.8. The third-order valence-electron chi connectivity index (χ3n) is 5.38. The molecule has 1 heterocycles. The van der Waals surface area contributed by atoms with Gasteiger partial charge in [-0.15, -0.1) is 0 Å². The summed E-state index contributed by atoms with van der Waals surface area (Å²) < 4.78 is 0. The second-order valence-corrected chi connectivity index (χ2v) is 8.88. The molecule has 11 heteroatoms. The van der Waals surface area contributed by atoms with Crippen molar-refractivity contribution < 1.29 is 24.3 Å². The number of nitrogens with zero attached hydrogens (tertiary/aromatic N) is 1. The van der Waals surface area contributed by atoms with Crippen molar-refractivity contribution >= 4 is 48.1 Å². The average molecular weight is 463 g/mol. The number of likely N-dealkylation sites (tertiary alicyclic amines) is 1. The van der Waals surface area contributed by atoms with Gasteiger partial charge in [-0.25, -0.2) is 4.79 Å². The highest BCUT2D eigenvalue weighted by Crippen LogP contribution is 2.22. The maximum Gasteiger partial charge on any atom is 0.327 e. The minimum Gasteiger partial charge on any atom is -0.480 e. The fraction of sp³-hybridized carbons (Fsp3) is 0.789. The van der Waals surface area contributed by atoms with Gasteiger partial charge in [0.25, 0.3) is 0 Å². The number of nitrogens with two attached hydrogens (primary N) is 1. The lowest BCUT2D eigenvalue weighted by Gasteiger charge is -2.32. The SMILES string of the molecule is CCC(C)C(NC(=O)C(N)CCSC)C(=O)N1CCCC1C(=O)NC(CS)C(=O)O. The van der Waals surface area contributed by atoms with E-state index in [0.717, 1.165) is 5.75 Å². The van der Waals surface area contributed by atoms with E-state index in [-0.39, 0.29) is 23.5 Å². The number of amides is 3. The topological polar surface area (TPSA) is 142 Å². The van der Waals surface area contributed by atoms with E-state index < -0.39 is 36.0 Å². The van der Waals surface area contributed by atoms with Crippen LogP contribution in [0.4, 0.5) is 0 Å². The second kappa shape index (κ2) is 13.1. The van der Waals surface area contributed by atoms with Crippen LogP contribution in [0.3, 0.4) is 0 Å². The van der Waals surface area contributed by atoms with Gasteiger partial charge in [0.1, 0.15) is 18.1 Å². The zero-order chi connectivity index (χ0) is 22.8. The number of carboxylic acids is 1. The monoisotopic (exact) mass is 462 g/mol. The van der Waals surface area contributed by atoms with Gasteiger partial charge in [0.15, 0.2) is 0 Å². The Morgan fingerprint density at radius 2 is 1.97 bits per heavy atom. The first kappa shape index (κ1) is 26.6. The summed E-state index contributed by atoms with van der Waals surface area (Å²) in [6.07, 6.45) is 4.14. The molecule has 9 nitrogen and oxygen atoms in total. The summed E-state index contributed by atoms with van der Waals surface area (Å²) in [6.45, 7) is 4.16. The van der Waals surface area contributed by atoms with Crippen molar-refractivity contribution in [2.45, 2.75) is 63.7 Å². The number of hydrogen-bond acceptors (Lipinski definition) is 7. The van der Waals surface area contributed by atoms with Gasteiger partial charge < -0.3 is 26.4 Å². The van der Waals surface area contributed by atoms with Crippen LogP contribution in [0.1, 0.15) is 39.5 Å². The minimum atomic E-state index is -1.18. The molecule has 5 N–H and O–H groups in total. The van der Waals surface area contributed by atoms with E-state index in [1.165, 1.54) is 4.90 Å². The Morgan fingerprint density at radius 3 is 2.50 bits per heavy atom. The smallest absolute Gasteiger partial charge is 0.327 e. The molecule has 3 amide bonds. The maximum atomic E-state index is 13.3. The average Bonchev–Trinajstić information content (AvgIpc) is 3.22. The largest absolute Gasteiger partial charge is 0.480 e.